The van der Waals surface area contributed by atoms with Crippen molar-refractivity contribution in [3.63, 3.8) is 0 Å². The van der Waals surface area contributed by atoms with Crippen molar-refractivity contribution in [3.8, 4) is 5.75 Å². The Balaban J connectivity index is 1.57. The van der Waals surface area contributed by atoms with E-state index in [2.05, 4.69) is 57.5 Å². The van der Waals surface area contributed by atoms with Crippen molar-refractivity contribution in [1.82, 2.24) is 5.01 Å². The van der Waals surface area contributed by atoms with Crippen LogP contribution in [0.25, 0.3) is 0 Å². The van der Waals surface area contributed by atoms with Crippen molar-refractivity contribution >= 4 is 45.0 Å². The van der Waals surface area contributed by atoms with Crippen LogP contribution in [0.3, 0.4) is 0 Å². The zero-order valence-corrected chi connectivity index (χ0v) is 18.8. The number of thioether (sulfide) groups is 1. The van der Waals surface area contributed by atoms with Crippen molar-refractivity contribution in [3.05, 3.63) is 92.9 Å². The van der Waals surface area contributed by atoms with Crippen LogP contribution < -0.4 is 4.74 Å². The Labute approximate surface area is 187 Å². The second-order valence-electron chi connectivity index (χ2n) is 7.08. The number of rotatable bonds is 3. The second-order valence-corrected chi connectivity index (χ2v) is 9.31. The monoisotopic (exact) mass is 484 g/mol. The van der Waals surface area contributed by atoms with Crippen molar-refractivity contribution in [2.45, 2.75) is 23.6 Å². The summed E-state index contributed by atoms with van der Waals surface area (Å²) in [5, 5.41) is 7.82. The van der Waals surface area contributed by atoms with E-state index < -0.39 is 0 Å². The number of benzene rings is 3. The highest BCUT2D eigenvalue weighted by Gasteiger charge is 2.41. The van der Waals surface area contributed by atoms with Gasteiger partial charge in [0.15, 0.2) is 0 Å². The van der Waals surface area contributed by atoms with Crippen LogP contribution in [0.5, 0.6) is 5.75 Å². The average Bonchev–Trinajstić information content (AvgIpc) is 3.20. The molecule has 29 heavy (non-hydrogen) atoms. The van der Waals surface area contributed by atoms with E-state index in [1.54, 1.807) is 11.8 Å². The third kappa shape index (κ3) is 3.56. The van der Waals surface area contributed by atoms with Gasteiger partial charge in [-0.1, -0.05) is 51.8 Å². The van der Waals surface area contributed by atoms with Gasteiger partial charge in [0.2, 0.25) is 6.23 Å². The number of fused-ring (bicyclic) bond motifs is 3. The molecule has 0 N–H and O–H groups in total. The van der Waals surface area contributed by atoms with Crippen LogP contribution in [0.2, 0.25) is 5.02 Å². The molecule has 146 valence electrons. The third-order valence-corrected chi connectivity index (χ3v) is 6.82. The van der Waals surface area contributed by atoms with E-state index in [-0.39, 0.29) is 12.3 Å². The molecule has 3 nitrogen and oxygen atoms in total. The van der Waals surface area contributed by atoms with Crippen molar-refractivity contribution in [2.24, 2.45) is 5.10 Å². The highest BCUT2D eigenvalue weighted by atomic mass is 79.9. The molecule has 0 saturated carbocycles. The topological polar surface area (TPSA) is 24.8 Å². The fraction of sp³-hybridized carbons (Fsp3) is 0.174. The predicted octanol–water partition coefficient (Wildman–Crippen LogP) is 7.07. The molecule has 2 aliphatic heterocycles. The first kappa shape index (κ1) is 19.0. The molecular weight excluding hydrogens is 468 g/mol. The Bertz CT molecular complexity index is 1090. The predicted molar refractivity (Wildman–Crippen MR) is 123 cm³/mol. The van der Waals surface area contributed by atoms with Gasteiger partial charge in [-0.2, -0.15) is 5.10 Å². The van der Waals surface area contributed by atoms with Crippen LogP contribution >= 0.6 is 39.3 Å². The fourth-order valence-electron chi connectivity index (χ4n) is 3.86. The van der Waals surface area contributed by atoms with Crippen molar-refractivity contribution in [2.75, 3.05) is 6.26 Å². The molecule has 0 radical (unpaired) electrons. The molecule has 0 saturated heterocycles. The normalized spacial score (nSPS) is 20.0. The number of nitrogens with zero attached hydrogens (tertiary/aromatic N) is 2. The standard InChI is InChI=1S/C23H18BrClN2OS/c1-29-18-9-4-14(5-10-18)20-13-21-19-12-16(24)6-11-22(19)28-23(27(21)26-20)15-2-7-17(25)8-3-15/h2-12,21,23H,13H2,1H3. The summed E-state index contributed by atoms with van der Waals surface area (Å²) in [6, 6.07) is 22.7. The lowest BCUT2D eigenvalue weighted by atomic mass is 9.96. The average molecular weight is 486 g/mol. The maximum Gasteiger partial charge on any atom is 0.213 e. The summed E-state index contributed by atoms with van der Waals surface area (Å²) in [5.41, 5.74) is 4.43. The van der Waals surface area contributed by atoms with Gasteiger partial charge in [0.05, 0.1) is 11.8 Å². The van der Waals surface area contributed by atoms with E-state index in [1.807, 2.05) is 36.4 Å². The van der Waals surface area contributed by atoms with Crippen LogP contribution in [0.1, 0.15) is 35.4 Å². The molecule has 2 atom stereocenters. The Morgan fingerprint density at radius 1 is 1.07 bits per heavy atom. The molecule has 0 spiro atoms. The van der Waals surface area contributed by atoms with Gasteiger partial charge in [0.1, 0.15) is 5.75 Å². The van der Waals surface area contributed by atoms with Gasteiger partial charge in [-0.05, 0) is 54.3 Å². The number of hydrogen-bond acceptors (Lipinski definition) is 4. The van der Waals surface area contributed by atoms with Gasteiger partial charge in [0.25, 0.3) is 0 Å². The van der Waals surface area contributed by atoms with E-state index in [9.17, 15) is 0 Å². The van der Waals surface area contributed by atoms with Gasteiger partial charge in [-0.25, -0.2) is 5.01 Å². The van der Waals surface area contributed by atoms with Crippen LogP contribution in [0.4, 0.5) is 0 Å². The van der Waals surface area contributed by atoms with Gasteiger partial charge in [0, 0.05) is 31.9 Å². The summed E-state index contributed by atoms with van der Waals surface area (Å²) < 4.78 is 7.44. The van der Waals surface area contributed by atoms with E-state index in [0.717, 1.165) is 39.0 Å². The lowest BCUT2D eigenvalue weighted by Crippen LogP contribution is -2.33. The summed E-state index contributed by atoms with van der Waals surface area (Å²) >= 11 is 11.4. The van der Waals surface area contributed by atoms with Crippen LogP contribution in [0, 0.1) is 0 Å². The van der Waals surface area contributed by atoms with Gasteiger partial charge >= 0.3 is 0 Å². The summed E-state index contributed by atoms with van der Waals surface area (Å²) in [7, 11) is 0. The number of hydrogen-bond donors (Lipinski definition) is 0. The maximum absolute atomic E-state index is 6.40. The molecule has 0 aromatic heterocycles. The molecule has 6 heteroatoms. The zero-order valence-electron chi connectivity index (χ0n) is 15.7. The summed E-state index contributed by atoms with van der Waals surface area (Å²) in [4.78, 5) is 1.25. The smallest absolute Gasteiger partial charge is 0.213 e. The van der Waals surface area contributed by atoms with E-state index >= 15 is 0 Å². The quantitative estimate of drug-likeness (QED) is 0.371. The van der Waals surface area contributed by atoms with E-state index in [0.29, 0.717) is 5.02 Å². The molecule has 5 rings (SSSR count). The van der Waals surface area contributed by atoms with Crippen LogP contribution in [0.15, 0.2) is 81.2 Å². The molecule has 3 aromatic carbocycles. The van der Waals surface area contributed by atoms with Gasteiger partial charge < -0.3 is 4.74 Å². The molecule has 3 aromatic rings. The lowest BCUT2D eigenvalue weighted by molar-refractivity contribution is -0.0190. The minimum Gasteiger partial charge on any atom is -0.464 e. The molecule has 0 aliphatic carbocycles. The molecule has 0 fully saturated rings. The SMILES string of the molecule is CSc1ccc(C2=NN3C(C2)c2cc(Br)ccc2OC3c2ccc(Cl)cc2)cc1. The van der Waals surface area contributed by atoms with E-state index in [1.165, 1.54) is 4.90 Å². The molecule has 2 heterocycles. The molecule has 0 bridgehead atoms. The maximum atomic E-state index is 6.40. The first-order chi connectivity index (χ1) is 14.1. The Kier molecular flexibility index (Phi) is 5.06. The molecule has 2 aliphatic rings. The van der Waals surface area contributed by atoms with Gasteiger partial charge in [-0.3, -0.25) is 0 Å². The molecule has 0 amide bonds. The van der Waals surface area contributed by atoms with Crippen LogP contribution in [-0.2, 0) is 0 Å². The minimum absolute atomic E-state index is 0.132. The largest absolute Gasteiger partial charge is 0.464 e. The Hall–Kier alpha value is -1.95. The van der Waals surface area contributed by atoms with Crippen molar-refractivity contribution < 1.29 is 4.74 Å². The van der Waals surface area contributed by atoms with Crippen molar-refractivity contribution in [1.29, 1.82) is 0 Å². The summed E-state index contributed by atoms with van der Waals surface area (Å²) in [6.45, 7) is 0. The Morgan fingerprint density at radius 3 is 2.55 bits per heavy atom. The molecule has 2 unspecified atom stereocenters. The Morgan fingerprint density at radius 2 is 1.83 bits per heavy atom. The molecular formula is C23H18BrClN2OS. The number of halogens is 2. The second kappa shape index (κ2) is 7.71. The first-order valence-electron chi connectivity index (χ1n) is 9.34. The summed E-state index contributed by atoms with van der Waals surface area (Å²) in [5.74, 6) is 0.906. The zero-order chi connectivity index (χ0) is 20.0. The third-order valence-electron chi connectivity index (χ3n) is 5.33. The number of ether oxygens (including phenoxy) is 1. The summed E-state index contributed by atoms with van der Waals surface area (Å²) in [6.07, 6.45) is 2.65. The fourth-order valence-corrected chi connectivity index (χ4v) is 4.78. The minimum atomic E-state index is -0.283. The van der Waals surface area contributed by atoms with E-state index in [4.69, 9.17) is 21.4 Å². The lowest BCUT2D eigenvalue weighted by Gasteiger charge is -2.38. The highest BCUT2D eigenvalue weighted by molar-refractivity contribution is 9.10. The van der Waals surface area contributed by atoms with Crippen LogP contribution in [-0.4, -0.2) is 17.0 Å². The van der Waals surface area contributed by atoms with Gasteiger partial charge in [-0.15, -0.1) is 11.8 Å². The number of hydrazone groups is 1. The highest BCUT2D eigenvalue weighted by Crippen LogP contribution is 2.48. The first-order valence-corrected chi connectivity index (χ1v) is 11.7.